The van der Waals surface area contributed by atoms with Gasteiger partial charge in [0.25, 0.3) is 15.9 Å². The maximum Gasteiger partial charge on any atom is 0.254 e. The molecule has 1 amide bonds. The monoisotopic (exact) mass is 489 g/mol. The van der Waals surface area contributed by atoms with Crippen LogP contribution in [0.25, 0.3) is 0 Å². The van der Waals surface area contributed by atoms with E-state index < -0.39 is 20.0 Å². The van der Waals surface area contributed by atoms with Crippen LogP contribution in [0, 0.1) is 0 Å². The van der Waals surface area contributed by atoms with Gasteiger partial charge in [-0.1, -0.05) is 17.7 Å². The van der Waals surface area contributed by atoms with Crippen LogP contribution in [0.1, 0.15) is 16.8 Å². The number of anilines is 1. The summed E-state index contributed by atoms with van der Waals surface area (Å²) in [7, 11) is -6.96. The van der Waals surface area contributed by atoms with Gasteiger partial charge in [0.2, 0.25) is 10.0 Å². The van der Waals surface area contributed by atoms with Gasteiger partial charge in [0.1, 0.15) is 4.21 Å². The first-order valence-corrected chi connectivity index (χ1v) is 13.6. The molecular formula is C18H20ClN3O5S3. The number of amides is 1. The summed E-state index contributed by atoms with van der Waals surface area (Å²) in [5.41, 5.74) is 0.866. The first-order valence-electron chi connectivity index (χ1n) is 9.34. The van der Waals surface area contributed by atoms with Crippen LogP contribution < -0.4 is 4.31 Å². The lowest BCUT2D eigenvalue weighted by Crippen LogP contribution is -2.50. The molecule has 3 heterocycles. The van der Waals surface area contributed by atoms with Gasteiger partial charge in [0.05, 0.1) is 15.8 Å². The van der Waals surface area contributed by atoms with E-state index in [1.165, 1.54) is 14.7 Å². The molecule has 1 aromatic carbocycles. The van der Waals surface area contributed by atoms with E-state index in [4.69, 9.17) is 11.6 Å². The summed E-state index contributed by atoms with van der Waals surface area (Å²) < 4.78 is 53.0. The maximum absolute atomic E-state index is 12.9. The predicted molar refractivity (Wildman–Crippen MR) is 116 cm³/mol. The Hall–Kier alpha value is -1.66. The fourth-order valence-electron chi connectivity index (χ4n) is 3.60. The highest BCUT2D eigenvalue weighted by atomic mass is 35.5. The largest absolute Gasteiger partial charge is 0.336 e. The molecule has 0 spiro atoms. The zero-order valence-electron chi connectivity index (χ0n) is 15.9. The van der Waals surface area contributed by atoms with E-state index in [0.717, 1.165) is 11.3 Å². The fraction of sp³-hybridized carbons (Fsp3) is 0.389. The van der Waals surface area contributed by atoms with E-state index in [-0.39, 0.29) is 42.0 Å². The fourth-order valence-corrected chi connectivity index (χ4v) is 8.22. The van der Waals surface area contributed by atoms with Gasteiger partial charge >= 0.3 is 0 Å². The van der Waals surface area contributed by atoms with Crippen molar-refractivity contribution in [1.29, 1.82) is 0 Å². The third kappa shape index (κ3) is 4.09. The number of sulfonamides is 2. The van der Waals surface area contributed by atoms with Crippen LogP contribution in [0.5, 0.6) is 0 Å². The third-order valence-corrected chi connectivity index (χ3v) is 10.6. The van der Waals surface area contributed by atoms with Crippen molar-refractivity contribution in [2.24, 2.45) is 0 Å². The Balaban J connectivity index is 1.46. The van der Waals surface area contributed by atoms with E-state index >= 15 is 0 Å². The third-order valence-electron chi connectivity index (χ3n) is 5.15. The van der Waals surface area contributed by atoms with E-state index in [0.29, 0.717) is 28.6 Å². The van der Waals surface area contributed by atoms with Gasteiger partial charge in [-0.05, 0) is 36.8 Å². The molecule has 2 aliphatic rings. The molecule has 2 aliphatic heterocycles. The van der Waals surface area contributed by atoms with E-state index in [1.807, 2.05) is 0 Å². The van der Waals surface area contributed by atoms with Gasteiger partial charge in [-0.25, -0.2) is 16.8 Å². The zero-order valence-corrected chi connectivity index (χ0v) is 19.1. The number of hydrogen-bond donors (Lipinski definition) is 0. The second kappa shape index (κ2) is 8.12. The molecule has 12 heteroatoms. The normalized spacial score (nSPS) is 19.9. The van der Waals surface area contributed by atoms with Gasteiger partial charge in [-0.2, -0.15) is 4.31 Å². The standard InChI is InChI=1S/C18H20ClN3O5S3/c19-16-5-6-17(28-16)30(26,27)21-10-8-20(9-11-21)18(23)14-3-1-4-15(13-14)22-7-2-12-29(22,24)25/h1,3-6,13H,2,7-12H2. The Labute approximate surface area is 184 Å². The van der Waals surface area contributed by atoms with Crippen molar-refractivity contribution in [3.8, 4) is 0 Å². The first-order chi connectivity index (χ1) is 14.2. The Morgan fingerprint density at radius 1 is 1.03 bits per heavy atom. The number of nitrogens with zero attached hydrogens (tertiary/aromatic N) is 3. The summed E-state index contributed by atoms with van der Waals surface area (Å²) in [6.45, 7) is 1.28. The quantitative estimate of drug-likeness (QED) is 0.655. The van der Waals surface area contributed by atoms with Crippen molar-refractivity contribution in [1.82, 2.24) is 9.21 Å². The molecule has 2 aromatic rings. The maximum atomic E-state index is 12.9. The van der Waals surface area contributed by atoms with Crippen molar-refractivity contribution in [3.05, 3.63) is 46.3 Å². The number of halogens is 1. The highest BCUT2D eigenvalue weighted by molar-refractivity contribution is 7.93. The minimum atomic E-state index is -3.63. The second-order valence-electron chi connectivity index (χ2n) is 7.05. The van der Waals surface area contributed by atoms with Crippen LogP contribution in [0.2, 0.25) is 4.34 Å². The van der Waals surface area contributed by atoms with Crippen molar-refractivity contribution in [2.75, 3.05) is 42.8 Å². The molecule has 0 aliphatic carbocycles. The topological polar surface area (TPSA) is 95.1 Å². The molecule has 0 saturated carbocycles. The van der Waals surface area contributed by atoms with Gasteiger partial charge in [-0.3, -0.25) is 9.10 Å². The lowest BCUT2D eigenvalue weighted by molar-refractivity contribution is 0.0698. The van der Waals surface area contributed by atoms with Crippen LogP contribution in [-0.4, -0.2) is 70.4 Å². The van der Waals surface area contributed by atoms with Gasteiger partial charge in [0.15, 0.2) is 0 Å². The SMILES string of the molecule is O=C(c1cccc(N2CCCS2(=O)=O)c1)N1CCN(S(=O)(=O)c2ccc(Cl)s2)CC1. The summed E-state index contributed by atoms with van der Waals surface area (Å²) >= 11 is 6.86. The smallest absolute Gasteiger partial charge is 0.254 e. The molecule has 2 saturated heterocycles. The number of carbonyl (C=O) groups excluding carboxylic acids is 1. The van der Waals surface area contributed by atoms with Crippen molar-refractivity contribution in [2.45, 2.75) is 10.6 Å². The molecule has 2 fully saturated rings. The highest BCUT2D eigenvalue weighted by Crippen LogP contribution is 2.29. The molecule has 162 valence electrons. The number of carbonyl (C=O) groups is 1. The Morgan fingerprint density at radius 2 is 1.77 bits per heavy atom. The Kier molecular flexibility index (Phi) is 5.84. The summed E-state index contributed by atoms with van der Waals surface area (Å²) in [4.78, 5) is 14.5. The average molecular weight is 490 g/mol. The van der Waals surface area contributed by atoms with Crippen LogP contribution >= 0.6 is 22.9 Å². The number of rotatable bonds is 4. The molecule has 30 heavy (non-hydrogen) atoms. The van der Waals surface area contributed by atoms with E-state index in [2.05, 4.69) is 0 Å². The predicted octanol–water partition coefficient (Wildman–Crippen LogP) is 2.09. The average Bonchev–Trinajstić information content (AvgIpc) is 3.32. The minimum absolute atomic E-state index is 0.108. The molecule has 0 bridgehead atoms. The molecule has 8 nitrogen and oxygen atoms in total. The van der Waals surface area contributed by atoms with E-state index in [1.54, 1.807) is 35.2 Å². The molecular weight excluding hydrogens is 470 g/mol. The van der Waals surface area contributed by atoms with Crippen LogP contribution in [-0.2, 0) is 20.0 Å². The van der Waals surface area contributed by atoms with Crippen LogP contribution in [0.3, 0.4) is 0 Å². The molecule has 4 rings (SSSR count). The van der Waals surface area contributed by atoms with Crippen LogP contribution in [0.15, 0.2) is 40.6 Å². The summed E-state index contributed by atoms with van der Waals surface area (Å²) in [5, 5.41) is 0. The van der Waals surface area contributed by atoms with Crippen LogP contribution in [0.4, 0.5) is 5.69 Å². The lowest BCUT2D eigenvalue weighted by Gasteiger charge is -2.33. The number of piperazine rings is 1. The Bertz CT molecular complexity index is 1170. The van der Waals surface area contributed by atoms with Crippen molar-refractivity contribution < 1.29 is 21.6 Å². The molecule has 1 aromatic heterocycles. The van der Waals surface area contributed by atoms with Crippen molar-refractivity contribution >= 4 is 54.6 Å². The Morgan fingerprint density at radius 3 is 2.37 bits per heavy atom. The van der Waals surface area contributed by atoms with E-state index in [9.17, 15) is 21.6 Å². The molecule has 0 N–H and O–H groups in total. The number of hydrogen-bond acceptors (Lipinski definition) is 6. The molecule has 0 radical (unpaired) electrons. The molecule has 0 unspecified atom stereocenters. The number of benzene rings is 1. The molecule has 0 atom stereocenters. The van der Waals surface area contributed by atoms with Gasteiger partial charge in [0, 0.05) is 38.3 Å². The highest BCUT2D eigenvalue weighted by Gasteiger charge is 2.32. The number of thiophene rings is 1. The summed E-state index contributed by atoms with van der Waals surface area (Å²) in [6, 6.07) is 9.60. The summed E-state index contributed by atoms with van der Waals surface area (Å²) in [6.07, 6.45) is 0.562. The summed E-state index contributed by atoms with van der Waals surface area (Å²) in [5.74, 6) is -0.137. The lowest BCUT2D eigenvalue weighted by atomic mass is 10.1. The second-order valence-corrected chi connectivity index (χ2v) is 12.9. The zero-order chi connectivity index (χ0) is 21.5. The van der Waals surface area contributed by atoms with Gasteiger partial charge in [-0.15, -0.1) is 11.3 Å². The minimum Gasteiger partial charge on any atom is -0.336 e. The van der Waals surface area contributed by atoms with Crippen molar-refractivity contribution in [3.63, 3.8) is 0 Å². The first kappa shape index (κ1) is 21.6. The van der Waals surface area contributed by atoms with Gasteiger partial charge < -0.3 is 4.90 Å².